The highest BCUT2D eigenvalue weighted by Gasteiger charge is 2.46. The lowest BCUT2D eigenvalue weighted by Gasteiger charge is -2.36. The second-order valence-electron chi connectivity index (χ2n) is 8.47. The molecule has 1 aliphatic rings. The van der Waals surface area contributed by atoms with Gasteiger partial charge in [-0.2, -0.15) is 0 Å². The average molecular weight is 342 g/mol. The molecule has 0 aromatic carbocycles. The Morgan fingerprint density at radius 1 is 1.25 bits per heavy atom. The molecule has 0 radical (unpaired) electrons. The number of rotatable bonds is 9. The van der Waals surface area contributed by atoms with Crippen LogP contribution in [0, 0.1) is 16.7 Å². The van der Waals surface area contributed by atoms with E-state index in [1.165, 1.54) is 12.8 Å². The second kappa shape index (κ2) is 8.30. The number of carbonyl (C=O) groups excluding carboxylic acids is 1. The third kappa shape index (κ3) is 5.74. The second-order valence-corrected chi connectivity index (χ2v) is 8.47. The zero-order chi connectivity index (χ0) is 18.5. The van der Waals surface area contributed by atoms with Crippen molar-refractivity contribution in [2.45, 2.75) is 71.9 Å². The van der Waals surface area contributed by atoms with Crippen LogP contribution in [0.2, 0.25) is 0 Å². The van der Waals surface area contributed by atoms with E-state index in [9.17, 15) is 9.59 Å². The lowest BCUT2D eigenvalue weighted by Crippen LogP contribution is -2.48. The van der Waals surface area contributed by atoms with E-state index in [1.807, 2.05) is 0 Å². The monoisotopic (exact) mass is 342 g/mol. The normalized spacial score (nSPS) is 22.1. The first-order valence-corrected chi connectivity index (χ1v) is 8.76. The average Bonchev–Trinajstić information content (AvgIpc) is 2.65. The third-order valence-electron chi connectivity index (χ3n) is 5.55. The molecule has 2 atom stereocenters. The minimum Gasteiger partial charge on any atom is -0.481 e. The highest BCUT2D eigenvalue weighted by molar-refractivity contribution is 5.86. The van der Waals surface area contributed by atoms with Crippen LogP contribution in [0.1, 0.15) is 59.8 Å². The van der Waals surface area contributed by atoms with Gasteiger partial charge in [-0.1, -0.05) is 27.7 Å². The van der Waals surface area contributed by atoms with Crippen molar-refractivity contribution in [3.8, 4) is 0 Å². The summed E-state index contributed by atoms with van der Waals surface area (Å²) in [6.45, 7) is 9.68. The summed E-state index contributed by atoms with van der Waals surface area (Å²) < 4.78 is 5.21. The number of carboxylic acid groups (broad SMARTS) is 1. The van der Waals surface area contributed by atoms with Crippen molar-refractivity contribution in [2.24, 2.45) is 22.5 Å². The molecule has 6 heteroatoms. The SMILES string of the molecule is COCC(CCC1C(C)(C)CCC1(C)C)NC(=O)[C@@H](N)CC(=O)O. The van der Waals surface area contributed by atoms with Crippen LogP contribution in [0.5, 0.6) is 0 Å². The fourth-order valence-electron chi connectivity index (χ4n) is 4.19. The van der Waals surface area contributed by atoms with Crippen LogP contribution in [0.4, 0.5) is 0 Å². The Balaban J connectivity index is 2.63. The van der Waals surface area contributed by atoms with Gasteiger partial charge in [-0.25, -0.2) is 0 Å². The maximum atomic E-state index is 12.1. The molecule has 140 valence electrons. The van der Waals surface area contributed by atoms with Gasteiger partial charge in [-0.15, -0.1) is 0 Å². The minimum absolute atomic E-state index is 0.144. The molecule has 0 aliphatic heterocycles. The van der Waals surface area contributed by atoms with Gasteiger partial charge in [0, 0.05) is 7.11 Å². The fraction of sp³-hybridized carbons (Fsp3) is 0.889. The number of nitrogens with one attached hydrogen (secondary N) is 1. The van der Waals surface area contributed by atoms with Crippen molar-refractivity contribution in [1.82, 2.24) is 5.32 Å². The largest absolute Gasteiger partial charge is 0.481 e. The standard InChI is InChI=1S/C18H34N2O4/c1-17(2)8-9-18(3,4)14(17)7-6-12(11-24-5)20-16(23)13(19)10-15(21)22/h12-14H,6-11,19H2,1-5H3,(H,20,23)(H,21,22)/t12?,13-/m0/s1. The summed E-state index contributed by atoms with van der Waals surface area (Å²) in [7, 11) is 1.60. The molecule has 0 bridgehead atoms. The first-order chi connectivity index (χ1) is 11.0. The molecule has 0 aromatic heterocycles. The van der Waals surface area contributed by atoms with Crippen molar-refractivity contribution >= 4 is 11.9 Å². The lowest BCUT2D eigenvalue weighted by molar-refractivity contribution is -0.139. The Morgan fingerprint density at radius 2 is 1.79 bits per heavy atom. The van der Waals surface area contributed by atoms with Gasteiger partial charge in [0.05, 0.1) is 25.1 Å². The van der Waals surface area contributed by atoms with E-state index in [0.29, 0.717) is 23.4 Å². The Kier molecular flexibility index (Phi) is 7.23. The van der Waals surface area contributed by atoms with Crippen LogP contribution in [0.3, 0.4) is 0 Å². The van der Waals surface area contributed by atoms with Crippen molar-refractivity contribution in [3.05, 3.63) is 0 Å². The van der Waals surface area contributed by atoms with E-state index in [0.717, 1.165) is 12.8 Å². The number of hydrogen-bond donors (Lipinski definition) is 3. The minimum atomic E-state index is -1.07. The van der Waals surface area contributed by atoms with E-state index < -0.39 is 17.9 Å². The smallest absolute Gasteiger partial charge is 0.305 e. The van der Waals surface area contributed by atoms with Gasteiger partial charge in [-0.3, -0.25) is 9.59 Å². The van der Waals surface area contributed by atoms with Gasteiger partial charge >= 0.3 is 5.97 Å². The fourth-order valence-corrected chi connectivity index (χ4v) is 4.19. The summed E-state index contributed by atoms with van der Waals surface area (Å²) >= 11 is 0. The molecular weight excluding hydrogens is 308 g/mol. The zero-order valence-electron chi connectivity index (χ0n) is 15.7. The molecule has 0 saturated heterocycles. The summed E-state index contributed by atoms with van der Waals surface area (Å²) in [5, 5.41) is 11.6. The van der Waals surface area contributed by atoms with E-state index in [4.69, 9.17) is 15.6 Å². The summed E-state index contributed by atoms with van der Waals surface area (Å²) in [6, 6.07) is -1.17. The van der Waals surface area contributed by atoms with Crippen LogP contribution in [-0.2, 0) is 14.3 Å². The predicted octanol–water partition coefficient (Wildman–Crippen LogP) is 2.16. The third-order valence-corrected chi connectivity index (χ3v) is 5.55. The number of nitrogens with two attached hydrogens (primary N) is 1. The van der Waals surface area contributed by atoms with E-state index in [-0.39, 0.29) is 12.5 Å². The Labute approximate surface area is 145 Å². The molecule has 1 amide bonds. The summed E-state index contributed by atoms with van der Waals surface area (Å²) in [6.07, 6.45) is 3.87. The number of carbonyl (C=O) groups is 2. The quantitative estimate of drug-likeness (QED) is 0.596. The van der Waals surface area contributed by atoms with E-state index in [2.05, 4.69) is 33.0 Å². The molecule has 24 heavy (non-hydrogen) atoms. The van der Waals surface area contributed by atoms with E-state index >= 15 is 0 Å². The van der Waals surface area contributed by atoms with Crippen molar-refractivity contribution in [2.75, 3.05) is 13.7 Å². The van der Waals surface area contributed by atoms with Gasteiger partial charge in [-0.05, 0) is 42.4 Å². The highest BCUT2D eigenvalue weighted by atomic mass is 16.5. The first kappa shape index (κ1) is 20.9. The van der Waals surface area contributed by atoms with Crippen LogP contribution in [-0.4, -0.2) is 42.8 Å². The van der Waals surface area contributed by atoms with Crippen LogP contribution in [0.15, 0.2) is 0 Å². The van der Waals surface area contributed by atoms with Crippen LogP contribution >= 0.6 is 0 Å². The maximum Gasteiger partial charge on any atom is 0.305 e. The first-order valence-electron chi connectivity index (χ1n) is 8.76. The number of hydrogen-bond acceptors (Lipinski definition) is 4. The molecule has 1 saturated carbocycles. The predicted molar refractivity (Wildman–Crippen MR) is 93.6 cm³/mol. The summed E-state index contributed by atoms with van der Waals surface area (Å²) in [5.74, 6) is -0.922. The summed E-state index contributed by atoms with van der Waals surface area (Å²) in [5.41, 5.74) is 6.23. The Hall–Kier alpha value is -1.14. The van der Waals surface area contributed by atoms with Gasteiger partial charge < -0.3 is 20.9 Å². The molecule has 4 N–H and O–H groups in total. The Bertz CT molecular complexity index is 432. The number of methoxy groups -OCH3 is 1. The van der Waals surface area contributed by atoms with Crippen LogP contribution in [0.25, 0.3) is 0 Å². The highest BCUT2D eigenvalue weighted by Crippen LogP contribution is 2.55. The molecule has 1 fully saturated rings. The molecular formula is C18H34N2O4. The van der Waals surface area contributed by atoms with Gasteiger partial charge in [0.2, 0.25) is 5.91 Å². The van der Waals surface area contributed by atoms with Gasteiger partial charge in [0.1, 0.15) is 0 Å². The number of aliphatic carboxylic acids is 1. The van der Waals surface area contributed by atoms with Crippen LogP contribution < -0.4 is 11.1 Å². The van der Waals surface area contributed by atoms with Crippen molar-refractivity contribution in [3.63, 3.8) is 0 Å². The number of ether oxygens (including phenoxy) is 1. The topological polar surface area (TPSA) is 102 Å². The van der Waals surface area contributed by atoms with Crippen molar-refractivity contribution in [1.29, 1.82) is 0 Å². The molecule has 1 aliphatic carbocycles. The number of amides is 1. The maximum absolute atomic E-state index is 12.1. The molecule has 0 spiro atoms. The molecule has 1 rings (SSSR count). The zero-order valence-corrected chi connectivity index (χ0v) is 15.7. The van der Waals surface area contributed by atoms with Crippen molar-refractivity contribution < 1.29 is 19.4 Å². The molecule has 0 aromatic rings. The van der Waals surface area contributed by atoms with Gasteiger partial charge in [0.15, 0.2) is 0 Å². The molecule has 6 nitrogen and oxygen atoms in total. The number of carboxylic acids is 1. The molecule has 1 unspecified atom stereocenters. The summed E-state index contributed by atoms with van der Waals surface area (Å²) in [4.78, 5) is 22.7. The van der Waals surface area contributed by atoms with E-state index in [1.54, 1.807) is 7.11 Å². The molecule has 0 heterocycles. The Morgan fingerprint density at radius 3 is 2.25 bits per heavy atom. The van der Waals surface area contributed by atoms with Gasteiger partial charge in [0.25, 0.3) is 0 Å². The lowest BCUT2D eigenvalue weighted by atomic mass is 9.70.